The molecule has 1 saturated heterocycles. The van der Waals surface area contributed by atoms with E-state index in [9.17, 15) is 14.4 Å². The number of nitrogens with zero attached hydrogens (tertiary/aromatic N) is 1. The van der Waals surface area contributed by atoms with Gasteiger partial charge in [-0.05, 0) is 18.1 Å². The summed E-state index contributed by atoms with van der Waals surface area (Å²) >= 11 is 0. The van der Waals surface area contributed by atoms with Crippen LogP contribution in [0.4, 0.5) is 0 Å². The molecule has 0 bridgehead atoms. The van der Waals surface area contributed by atoms with Crippen LogP contribution >= 0.6 is 0 Å². The predicted molar refractivity (Wildman–Crippen MR) is 100 cm³/mol. The van der Waals surface area contributed by atoms with Crippen LogP contribution in [-0.2, 0) is 30.5 Å². The molecule has 0 aliphatic carbocycles. The molecule has 7 heteroatoms. The first-order chi connectivity index (χ1) is 13.3. The Morgan fingerprint density at radius 1 is 1.11 bits per heavy atom. The maximum Gasteiger partial charge on any atom is 0.334 e. The van der Waals surface area contributed by atoms with Gasteiger partial charge in [-0.1, -0.05) is 60.7 Å². The number of nitrogens with two attached hydrogens (primary N) is 1. The van der Waals surface area contributed by atoms with Crippen LogP contribution < -0.4 is 5.73 Å². The molecule has 0 radical (unpaired) electrons. The molecule has 7 nitrogen and oxygen atoms in total. The first kappa shape index (κ1) is 19.6. The number of carbonyl (C=O) groups is 3. The monoisotopic (exact) mass is 382 g/mol. The minimum absolute atomic E-state index is 0.0587. The highest BCUT2D eigenvalue weighted by molar-refractivity contribution is 5.97. The van der Waals surface area contributed by atoms with Crippen molar-refractivity contribution in [3.63, 3.8) is 0 Å². The Morgan fingerprint density at radius 2 is 1.68 bits per heavy atom. The van der Waals surface area contributed by atoms with E-state index in [0.717, 1.165) is 5.56 Å². The van der Waals surface area contributed by atoms with Crippen LogP contribution in [0, 0.1) is 0 Å². The number of carbonyl (C=O) groups excluding carboxylic acids is 3. The van der Waals surface area contributed by atoms with Crippen molar-refractivity contribution in [2.24, 2.45) is 5.73 Å². The summed E-state index contributed by atoms with van der Waals surface area (Å²) in [6.45, 7) is 2.75. The lowest BCUT2D eigenvalue weighted by Gasteiger charge is -2.52. The maximum atomic E-state index is 12.9. The number of hydrogen-bond donors (Lipinski definition) is 1. The molecule has 1 fully saturated rings. The molecule has 0 saturated carbocycles. The van der Waals surface area contributed by atoms with Crippen molar-refractivity contribution in [3.8, 4) is 0 Å². The second-order valence-corrected chi connectivity index (χ2v) is 6.86. The Morgan fingerprint density at radius 3 is 2.25 bits per heavy atom. The SMILES string of the molecule is CC(=O)O[C@@H]1N(C(C(=O)OCc2ccccc2)c2ccccc2)C(=O)[C@@]1(C)N. The Balaban J connectivity index is 1.88. The van der Waals surface area contributed by atoms with Gasteiger partial charge in [-0.25, -0.2) is 4.79 Å². The summed E-state index contributed by atoms with van der Waals surface area (Å²) in [7, 11) is 0. The third kappa shape index (κ3) is 3.75. The molecule has 3 rings (SSSR count). The number of hydrogen-bond acceptors (Lipinski definition) is 6. The van der Waals surface area contributed by atoms with Crippen molar-refractivity contribution < 1.29 is 23.9 Å². The maximum absolute atomic E-state index is 12.9. The molecule has 0 spiro atoms. The highest BCUT2D eigenvalue weighted by atomic mass is 16.6. The van der Waals surface area contributed by atoms with E-state index in [1.54, 1.807) is 30.3 Å². The summed E-state index contributed by atoms with van der Waals surface area (Å²) < 4.78 is 10.7. The zero-order valence-electron chi connectivity index (χ0n) is 15.7. The number of amides is 1. The van der Waals surface area contributed by atoms with Crippen LogP contribution in [0.5, 0.6) is 0 Å². The molecule has 1 aliphatic heterocycles. The van der Waals surface area contributed by atoms with Crippen molar-refractivity contribution in [3.05, 3.63) is 71.8 Å². The fourth-order valence-electron chi connectivity index (χ4n) is 3.16. The number of β-lactam (4-membered cyclic amide) rings is 1. The lowest BCUT2D eigenvalue weighted by molar-refractivity contribution is -0.211. The van der Waals surface area contributed by atoms with Gasteiger partial charge in [0.05, 0.1) is 0 Å². The van der Waals surface area contributed by atoms with E-state index in [0.29, 0.717) is 5.56 Å². The first-order valence-electron chi connectivity index (χ1n) is 8.86. The van der Waals surface area contributed by atoms with Crippen molar-refractivity contribution in [1.82, 2.24) is 4.90 Å². The van der Waals surface area contributed by atoms with Gasteiger partial charge in [-0.15, -0.1) is 0 Å². The van der Waals surface area contributed by atoms with Crippen LogP contribution in [0.2, 0.25) is 0 Å². The number of likely N-dealkylation sites (tertiary alicyclic amines) is 1. The zero-order valence-corrected chi connectivity index (χ0v) is 15.7. The molecular weight excluding hydrogens is 360 g/mol. The van der Waals surface area contributed by atoms with Gasteiger partial charge in [0, 0.05) is 6.92 Å². The van der Waals surface area contributed by atoms with E-state index in [1.807, 2.05) is 30.3 Å². The molecule has 0 aromatic heterocycles. The van der Waals surface area contributed by atoms with Crippen molar-refractivity contribution >= 4 is 17.8 Å². The first-order valence-corrected chi connectivity index (χ1v) is 8.86. The van der Waals surface area contributed by atoms with E-state index in [4.69, 9.17) is 15.2 Å². The van der Waals surface area contributed by atoms with Gasteiger partial charge in [0.25, 0.3) is 5.91 Å². The highest BCUT2D eigenvalue weighted by Crippen LogP contribution is 2.38. The van der Waals surface area contributed by atoms with Crippen molar-refractivity contribution in [2.75, 3.05) is 0 Å². The van der Waals surface area contributed by atoms with Crippen LogP contribution in [-0.4, -0.2) is 34.5 Å². The minimum Gasteiger partial charge on any atom is -0.459 e. The lowest BCUT2D eigenvalue weighted by atomic mass is 9.85. The quantitative estimate of drug-likeness (QED) is 0.605. The average Bonchev–Trinajstić information content (AvgIpc) is 2.70. The molecule has 2 aromatic rings. The molecule has 1 heterocycles. The summed E-state index contributed by atoms with van der Waals surface area (Å²) in [4.78, 5) is 38.3. The number of ether oxygens (including phenoxy) is 2. The van der Waals surface area contributed by atoms with E-state index in [2.05, 4.69) is 0 Å². The molecule has 3 atom stereocenters. The summed E-state index contributed by atoms with van der Waals surface area (Å²) in [5.41, 5.74) is 5.96. The van der Waals surface area contributed by atoms with Gasteiger partial charge in [-0.2, -0.15) is 0 Å². The largest absolute Gasteiger partial charge is 0.459 e. The standard InChI is InChI=1S/C21H22N2O5/c1-14(24)28-20-21(2,22)19(26)23(20)17(16-11-7-4-8-12-16)18(25)27-13-15-9-5-3-6-10-15/h3-12,17,20H,13,22H2,1-2H3/t17?,20-,21+/m0/s1. The summed E-state index contributed by atoms with van der Waals surface area (Å²) in [6.07, 6.45) is -1.06. The molecule has 146 valence electrons. The summed E-state index contributed by atoms with van der Waals surface area (Å²) in [5, 5.41) is 0. The lowest BCUT2D eigenvalue weighted by Crippen LogP contribution is -2.78. The van der Waals surface area contributed by atoms with Crippen LogP contribution in [0.3, 0.4) is 0 Å². The molecule has 1 amide bonds. The molecule has 2 aromatic carbocycles. The minimum atomic E-state index is -1.40. The van der Waals surface area contributed by atoms with Gasteiger partial charge < -0.3 is 15.2 Å². The third-order valence-corrected chi connectivity index (χ3v) is 4.58. The zero-order chi connectivity index (χ0) is 20.3. The van der Waals surface area contributed by atoms with Crippen molar-refractivity contribution in [2.45, 2.75) is 38.3 Å². The second-order valence-electron chi connectivity index (χ2n) is 6.86. The summed E-state index contributed by atoms with van der Waals surface area (Å²) in [6, 6.07) is 16.8. The fourth-order valence-corrected chi connectivity index (χ4v) is 3.16. The number of esters is 2. The fraction of sp³-hybridized carbons (Fsp3) is 0.286. The Hall–Kier alpha value is -3.19. The molecular formula is C21H22N2O5. The topological polar surface area (TPSA) is 98.9 Å². The van der Waals surface area contributed by atoms with Gasteiger partial charge in [0.1, 0.15) is 12.1 Å². The van der Waals surface area contributed by atoms with Gasteiger partial charge >= 0.3 is 11.9 Å². The van der Waals surface area contributed by atoms with Crippen LogP contribution in [0.25, 0.3) is 0 Å². The van der Waals surface area contributed by atoms with Crippen LogP contribution in [0.15, 0.2) is 60.7 Å². The third-order valence-electron chi connectivity index (χ3n) is 4.58. The molecule has 2 N–H and O–H groups in total. The number of benzene rings is 2. The van der Waals surface area contributed by atoms with E-state index in [1.165, 1.54) is 18.7 Å². The van der Waals surface area contributed by atoms with E-state index in [-0.39, 0.29) is 6.61 Å². The molecule has 28 heavy (non-hydrogen) atoms. The Labute approximate surface area is 163 Å². The van der Waals surface area contributed by atoms with Crippen molar-refractivity contribution in [1.29, 1.82) is 0 Å². The normalized spacial score (nSPS) is 22.2. The van der Waals surface area contributed by atoms with E-state index >= 15 is 0 Å². The number of rotatable bonds is 6. The molecule has 1 unspecified atom stereocenters. The average molecular weight is 382 g/mol. The van der Waals surface area contributed by atoms with Gasteiger partial charge in [0.2, 0.25) is 6.23 Å². The summed E-state index contributed by atoms with van der Waals surface area (Å²) in [5.74, 6) is -1.72. The Kier molecular flexibility index (Phi) is 5.46. The van der Waals surface area contributed by atoms with E-state index < -0.39 is 35.7 Å². The van der Waals surface area contributed by atoms with Gasteiger partial charge in [0.15, 0.2) is 6.04 Å². The Bertz CT molecular complexity index is 867. The second kappa shape index (κ2) is 7.82. The predicted octanol–water partition coefficient (Wildman–Crippen LogP) is 1.92. The van der Waals surface area contributed by atoms with Gasteiger partial charge in [-0.3, -0.25) is 14.5 Å². The highest BCUT2D eigenvalue weighted by Gasteiger charge is 2.61. The smallest absolute Gasteiger partial charge is 0.334 e. The van der Waals surface area contributed by atoms with Crippen LogP contribution in [0.1, 0.15) is 31.0 Å². The molecule has 1 aliphatic rings.